The number of aromatic nitrogens is 2. The zero-order valence-corrected chi connectivity index (χ0v) is 15.0. The number of halogens is 2. The summed E-state index contributed by atoms with van der Waals surface area (Å²) in [7, 11) is 0. The summed E-state index contributed by atoms with van der Waals surface area (Å²) in [6.45, 7) is 2.44. The lowest BCUT2D eigenvalue weighted by Gasteiger charge is -2.05. The first-order valence-electron chi connectivity index (χ1n) is 6.84. The van der Waals surface area contributed by atoms with Crippen LogP contribution in [0.1, 0.15) is 6.92 Å². The van der Waals surface area contributed by atoms with Gasteiger partial charge >= 0.3 is 0 Å². The molecule has 1 N–H and O–H groups in total. The Bertz CT molecular complexity index is 851. The summed E-state index contributed by atoms with van der Waals surface area (Å²) < 4.78 is 11.4. The Balaban J connectivity index is 1.92. The average molecular weight is 443 g/mol. The van der Waals surface area contributed by atoms with Crippen molar-refractivity contribution >= 4 is 34.2 Å². The minimum atomic E-state index is 0.219. The molecule has 1 heterocycles. The van der Waals surface area contributed by atoms with Crippen LogP contribution in [0.3, 0.4) is 0 Å². The van der Waals surface area contributed by atoms with Crippen LogP contribution in [0.25, 0.3) is 22.8 Å². The van der Waals surface area contributed by atoms with Crippen molar-refractivity contribution in [3.8, 4) is 34.3 Å². The third kappa shape index (κ3) is 3.42. The summed E-state index contributed by atoms with van der Waals surface area (Å²) in [5, 5.41) is 14.0. The van der Waals surface area contributed by atoms with Crippen molar-refractivity contribution in [3.63, 3.8) is 0 Å². The SMILES string of the molecule is CCOc1ccc(-c2nc(-c3ccc(O)c(I)c3)no2)cc1Cl. The number of benzene rings is 2. The molecule has 0 spiro atoms. The van der Waals surface area contributed by atoms with E-state index in [0.717, 1.165) is 9.13 Å². The predicted octanol–water partition coefficient (Wildman–Crippen LogP) is 4.77. The number of rotatable bonds is 4. The molecule has 0 radical (unpaired) electrons. The second-order valence-electron chi connectivity index (χ2n) is 4.67. The van der Waals surface area contributed by atoms with E-state index < -0.39 is 0 Å². The number of nitrogens with zero attached hydrogens (tertiary/aromatic N) is 2. The van der Waals surface area contributed by atoms with Gasteiger partial charge in [0.15, 0.2) is 0 Å². The maximum absolute atomic E-state index is 9.58. The van der Waals surface area contributed by atoms with Crippen LogP contribution in [-0.4, -0.2) is 21.9 Å². The molecule has 0 fully saturated rings. The number of phenolic OH excluding ortho intramolecular Hbond substituents is 1. The van der Waals surface area contributed by atoms with Gasteiger partial charge < -0.3 is 14.4 Å². The van der Waals surface area contributed by atoms with Gasteiger partial charge in [0.2, 0.25) is 5.82 Å². The zero-order chi connectivity index (χ0) is 16.4. The quantitative estimate of drug-likeness (QED) is 0.590. The lowest BCUT2D eigenvalue weighted by Crippen LogP contribution is -1.92. The maximum Gasteiger partial charge on any atom is 0.258 e. The Kier molecular flexibility index (Phi) is 4.72. The number of hydrogen-bond donors (Lipinski definition) is 1. The van der Waals surface area contributed by atoms with Crippen molar-refractivity contribution < 1.29 is 14.4 Å². The molecule has 0 bridgehead atoms. The monoisotopic (exact) mass is 442 g/mol. The van der Waals surface area contributed by atoms with Gasteiger partial charge in [-0.15, -0.1) is 0 Å². The van der Waals surface area contributed by atoms with Gasteiger partial charge in [-0.05, 0) is 65.9 Å². The lowest BCUT2D eigenvalue weighted by molar-refractivity contribution is 0.340. The molecule has 3 aromatic rings. The van der Waals surface area contributed by atoms with E-state index >= 15 is 0 Å². The van der Waals surface area contributed by atoms with E-state index in [1.54, 1.807) is 30.3 Å². The fourth-order valence-electron chi connectivity index (χ4n) is 2.01. The standard InChI is InChI=1S/C16H12ClIN2O3/c1-2-22-14-6-4-10(7-11(14)17)16-19-15(20-23-16)9-3-5-13(21)12(18)8-9/h3-8,21H,2H2,1H3. The first-order valence-corrected chi connectivity index (χ1v) is 8.29. The van der Waals surface area contributed by atoms with E-state index in [9.17, 15) is 5.11 Å². The maximum atomic E-state index is 9.58. The van der Waals surface area contributed by atoms with Crippen molar-refractivity contribution in [1.82, 2.24) is 10.1 Å². The molecule has 0 aliphatic carbocycles. The highest BCUT2D eigenvalue weighted by Crippen LogP contribution is 2.31. The van der Waals surface area contributed by atoms with Gasteiger partial charge in [-0.2, -0.15) is 4.98 Å². The van der Waals surface area contributed by atoms with Gasteiger partial charge in [0, 0.05) is 11.1 Å². The lowest BCUT2D eigenvalue weighted by atomic mass is 10.2. The Morgan fingerprint density at radius 3 is 2.70 bits per heavy atom. The Morgan fingerprint density at radius 1 is 1.22 bits per heavy atom. The van der Waals surface area contributed by atoms with E-state index in [1.165, 1.54) is 0 Å². The molecule has 1 aromatic heterocycles. The fourth-order valence-corrected chi connectivity index (χ4v) is 2.76. The Hall–Kier alpha value is -1.80. The van der Waals surface area contributed by atoms with Crippen LogP contribution >= 0.6 is 34.2 Å². The third-order valence-electron chi connectivity index (χ3n) is 3.11. The fraction of sp³-hybridized carbons (Fsp3) is 0.125. The van der Waals surface area contributed by atoms with Gasteiger partial charge in [-0.1, -0.05) is 16.8 Å². The first-order chi connectivity index (χ1) is 11.1. The van der Waals surface area contributed by atoms with Crippen LogP contribution < -0.4 is 4.74 Å². The summed E-state index contributed by atoms with van der Waals surface area (Å²) in [6.07, 6.45) is 0. The van der Waals surface area contributed by atoms with Gasteiger partial charge in [0.1, 0.15) is 11.5 Å². The Morgan fingerprint density at radius 2 is 2.00 bits per heavy atom. The molecular formula is C16H12ClIN2O3. The van der Waals surface area contributed by atoms with Crippen molar-refractivity contribution in [2.75, 3.05) is 6.61 Å². The second-order valence-corrected chi connectivity index (χ2v) is 6.24. The summed E-state index contributed by atoms with van der Waals surface area (Å²) in [5.41, 5.74) is 1.48. The van der Waals surface area contributed by atoms with Crippen LogP contribution in [0.4, 0.5) is 0 Å². The minimum Gasteiger partial charge on any atom is -0.507 e. The molecule has 5 nitrogen and oxygen atoms in total. The van der Waals surface area contributed by atoms with E-state index in [1.807, 2.05) is 35.6 Å². The zero-order valence-electron chi connectivity index (χ0n) is 12.1. The van der Waals surface area contributed by atoms with Crippen molar-refractivity contribution in [3.05, 3.63) is 45.0 Å². The van der Waals surface area contributed by atoms with Crippen molar-refractivity contribution in [2.45, 2.75) is 6.92 Å². The minimum absolute atomic E-state index is 0.219. The molecule has 2 aromatic carbocycles. The molecule has 0 saturated carbocycles. The largest absolute Gasteiger partial charge is 0.507 e. The molecular weight excluding hydrogens is 431 g/mol. The summed E-state index contributed by atoms with van der Waals surface area (Å²) in [6, 6.07) is 10.4. The molecule has 0 unspecified atom stereocenters. The smallest absolute Gasteiger partial charge is 0.258 e. The molecule has 0 aliphatic rings. The molecule has 0 atom stereocenters. The summed E-state index contributed by atoms with van der Waals surface area (Å²) in [5.74, 6) is 1.65. The molecule has 7 heteroatoms. The van der Waals surface area contributed by atoms with Crippen molar-refractivity contribution in [1.29, 1.82) is 0 Å². The average Bonchev–Trinajstić information content (AvgIpc) is 3.02. The topological polar surface area (TPSA) is 68.4 Å². The molecule has 3 rings (SSSR count). The normalized spacial score (nSPS) is 10.7. The molecule has 0 saturated heterocycles. The highest BCUT2D eigenvalue weighted by molar-refractivity contribution is 14.1. The number of aromatic hydroxyl groups is 1. The number of phenols is 1. The van der Waals surface area contributed by atoms with E-state index in [0.29, 0.717) is 34.7 Å². The van der Waals surface area contributed by atoms with Crippen LogP contribution in [0.5, 0.6) is 11.5 Å². The van der Waals surface area contributed by atoms with E-state index in [2.05, 4.69) is 10.1 Å². The molecule has 118 valence electrons. The van der Waals surface area contributed by atoms with Crippen LogP contribution in [0, 0.1) is 3.57 Å². The van der Waals surface area contributed by atoms with Crippen LogP contribution in [0.15, 0.2) is 40.9 Å². The summed E-state index contributed by atoms with van der Waals surface area (Å²) >= 11 is 8.22. The van der Waals surface area contributed by atoms with Crippen LogP contribution in [-0.2, 0) is 0 Å². The highest BCUT2D eigenvalue weighted by atomic mass is 127. The van der Waals surface area contributed by atoms with Crippen LogP contribution in [0.2, 0.25) is 5.02 Å². The highest BCUT2D eigenvalue weighted by Gasteiger charge is 2.13. The van der Waals surface area contributed by atoms with Gasteiger partial charge in [0.25, 0.3) is 5.89 Å². The van der Waals surface area contributed by atoms with Gasteiger partial charge in [-0.3, -0.25) is 0 Å². The number of ether oxygens (including phenoxy) is 1. The predicted molar refractivity (Wildman–Crippen MR) is 95.7 cm³/mol. The number of hydrogen-bond acceptors (Lipinski definition) is 5. The van der Waals surface area contributed by atoms with Gasteiger partial charge in [0.05, 0.1) is 15.2 Å². The summed E-state index contributed by atoms with van der Waals surface area (Å²) in [4.78, 5) is 4.38. The first kappa shape index (κ1) is 16.1. The van der Waals surface area contributed by atoms with E-state index in [4.69, 9.17) is 20.9 Å². The molecule has 0 aliphatic heterocycles. The molecule has 0 amide bonds. The van der Waals surface area contributed by atoms with E-state index in [-0.39, 0.29) is 5.75 Å². The Labute approximate surface area is 151 Å². The molecule has 23 heavy (non-hydrogen) atoms. The third-order valence-corrected chi connectivity index (χ3v) is 4.27. The van der Waals surface area contributed by atoms with Crippen molar-refractivity contribution in [2.24, 2.45) is 0 Å². The van der Waals surface area contributed by atoms with Gasteiger partial charge in [-0.25, -0.2) is 0 Å². The second kappa shape index (κ2) is 6.76.